The molecule has 0 bridgehead atoms. The molecule has 1 aromatic heterocycles. The first kappa shape index (κ1) is 24.9. The van der Waals surface area contributed by atoms with Crippen molar-refractivity contribution in [3.05, 3.63) is 63.9 Å². The van der Waals surface area contributed by atoms with Crippen LogP contribution in [0.3, 0.4) is 0 Å². The number of aryl methyl sites for hydroxylation is 1. The zero-order chi connectivity index (χ0) is 25.3. The van der Waals surface area contributed by atoms with Gasteiger partial charge in [-0.1, -0.05) is 0 Å². The summed E-state index contributed by atoms with van der Waals surface area (Å²) >= 11 is 3.00. The molecule has 174 valence electrons. The molecule has 1 heterocycles. The molecule has 1 N–H and O–H groups in total. The summed E-state index contributed by atoms with van der Waals surface area (Å²) in [5.41, 5.74) is -0.583. The number of hydrogen-bond donors (Lipinski definition) is 1. The lowest BCUT2D eigenvalue weighted by molar-refractivity contribution is 0.0583. The molecule has 0 saturated heterocycles. The minimum Gasteiger partial charge on any atom is -0.464 e. The standard InChI is InChI=1S/C20H14BrN5O6S2/c1-26-17(20(27)32-2)18(19(21)24-26)34(30,31)25-16-8-7-15(9-13(16)11-23)33(28,29)14-5-3-12(10-22)4-6-14/h3-9,25H,1-2H3. The van der Waals surface area contributed by atoms with Gasteiger partial charge in [0.1, 0.15) is 10.7 Å². The van der Waals surface area contributed by atoms with Crippen LogP contribution in [-0.4, -0.2) is 39.7 Å². The number of nitrogens with zero attached hydrogens (tertiary/aromatic N) is 4. The van der Waals surface area contributed by atoms with Crippen molar-refractivity contribution in [3.8, 4) is 12.1 Å². The van der Waals surface area contributed by atoms with Crippen LogP contribution in [0.2, 0.25) is 0 Å². The van der Waals surface area contributed by atoms with Crippen molar-refractivity contribution in [1.29, 1.82) is 10.5 Å². The Balaban J connectivity index is 2.05. The number of esters is 1. The Morgan fingerprint density at radius 1 is 1.06 bits per heavy atom. The van der Waals surface area contributed by atoms with Crippen LogP contribution in [0.15, 0.2) is 61.8 Å². The van der Waals surface area contributed by atoms with Gasteiger partial charge >= 0.3 is 5.97 Å². The molecule has 11 nitrogen and oxygen atoms in total. The monoisotopic (exact) mass is 563 g/mol. The highest BCUT2D eigenvalue weighted by Crippen LogP contribution is 2.30. The normalized spacial score (nSPS) is 11.3. The Bertz CT molecular complexity index is 1600. The number of halogens is 1. The molecule has 3 aromatic rings. The van der Waals surface area contributed by atoms with Crippen LogP contribution < -0.4 is 4.72 Å². The topological polar surface area (TPSA) is 172 Å². The summed E-state index contributed by atoms with van der Waals surface area (Å²) in [5, 5.41) is 22.3. The van der Waals surface area contributed by atoms with E-state index in [0.717, 1.165) is 30.0 Å². The number of benzene rings is 2. The zero-order valence-electron chi connectivity index (χ0n) is 17.5. The van der Waals surface area contributed by atoms with Gasteiger partial charge in [-0.2, -0.15) is 15.6 Å². The van der Waals surface area contributed by atoms with Crippen molar-refractivity contribution in [1.82, 2.24) is 9.78 Å². The van der Waals surface area contributed by atoms with Crippen LogP contribution in [0.25, 0.3) is 0 Å². The molecule has 0 unspecified atom stereocenters. The number of hydrogen-bond acceptors (Lipinski definition) is 9. The zero-order valence-corrected chi connectivity index (χ0v) is 20.7. The van der Waals surface area contributed by atoms with Crippen molar-refractivity contribution in [3.63, 3.8) is 0 Å². The van der Waals surface area contributed by atoms with Gasteiger partial charge < -0.3 is 4.74 Å². The summed E-state index contributed by atoms with van der Waals surface area (Å²) in [4.78, 5) is 11.2. The summed E-state index contributed by atoms with van der Waals surface area (Å²) in [5.74, 6) is -0.953. The minimum atomic E-state index is -4.46. The van der Waals surface area contributed by atoms with E-state index >= 15 is 0 Å². The quantitative estimate of drug-likeness (QED) is 0.441. The third-order valence-corrected chi connectivity index (χ3v) is 8.57. The van der Waals surface area contributed by atoms with E-state index < -0.39 is 30.7 Å². The van der Waals surface area contributed by atoms with Crippen LogP contribution in [0.5, 0.6) is 0 Å². The maximum atomic E-state index is 13.1. The van der Waals surface area contributed by atoms with Gasteiger partial charge in [-0.3, -0.25) is 9.40 Å². The fourth-order valence-corrected chi connectivity index (χ4v) is 6.60. The van der Waals surface area contributed by atoms with E-state index in [-0.39, 0.29) is 36.9 Å². The Morgan fingerprint density at radius 2 is 1.68 bits per heavy atom. The van der Waals surface area contributed by atoms with E-state index in [9.17, 15) is 26.9 Å². The van der Waals surface area contributed by atoms with Crippen LogP contribution in [-0.2, 0) is 31.6 Å². The van der Waals surface area contributed by atoms with E-state index in [1.807, 2.05) is 6.07 Å². The Kier molecular flexibility index (Phi) is 6.79. The molecule has 0 radical (unpaired) electrons. The van der Waals surface area contributed by atoms with Gasteiger partial charge in [0.2, 0.25) is 9.84 Å². The Morgan fingerprint density at radius 3 is 2.24 bits per heavy atom. The van der Waals surface area contributed by atoms with E-state index in [1.165, 1.54) is 31.3 Å². The van der Waals surface area contributed by atoms with Gasteiger partial charge in [0.15, 0.2) is 10.6 Å². The van der Waals surface area contributed by atoms with Gasteiger partial charge in [0.25, 0.3) is 10.0 Å². The first-order valence-electron chi connectivity index (χ1n) is 9.09. The number of nitrogens with one attached hydrogen (secondary N) is 1. The summed E-state index contributed by atoms with van der Waals surface area (Å²) in [6, 6.07) is 12.1. The molecule has 0 fully saturated rings. The van der Waals surface area contributed by atoms with Gasteiger partial charge in [0, 0.05) is 7.05 Å². The second-order valence-corrected chi connectivity index (χ2v) is 11.0. The average Bonchev–Trinajstić information content (AvgIpc) is 3.12. The number of carbonyl (C=O) groups excluding carboxylic acids is 1. The molecule has 0 saturated carbocycles. The Labute approximate surface area is 203 Å². The number of nitriles is 2. The summed E-state index contributed by atoms with van der Waals surface area (Å²) in [6.07, 6.45) is 0. The molecule has 34 heavy (non-hydrogen) atoms. The highest BCUT2D eigenvalue weighted by molar-refractivity contribution is 9.10. The van der Waals surface area contributed by atoms with E-state index in [4.69, 9.17) is 5.26 Å². The molecule has 0 spiro atoms. The number of carbonyl (C=O) groups is 1. The number of aromatic nitrogens is 2. The fourth-order valence-electron chi connectivity index (χ4n) is 2.94. The maximum Gasteiger partial charge on any atom is 0.357 e. The lowest BCUT2D eigenvalue weighted by atomic mass is 10.2. The van der Waals surface area contributed by atoms with E-state index in [0.29, 0.717) is 0 Å². The molecule has 0 aliphatic rings. The lowest BCUT2D eigenvalue weighted by Gasteiger charge is -2.12. The smallest absolute Gasteiger partial charge is 0.357 e. The Hall–Kier alpha value is -3.72. The van der Waals surface area contributed by atoms with Crippen LogP contribution in [0.1, 0.15) is 21.6 Å². The fraction of sp³-hybridized carbons (Fsp3) is 0.100. The van der Waals surface area contributed by atoms with Crippen molar-refractivity contribution in [2.45, 2.75) is 14.7 Å². The molecule has 2 aromatic carbocycles. The maximum absolute atomic E-state index is 13.1. The second kappa shape index (κ2) is 9.26. The van der Waals surface area contributed by atoms with Crippen LogP contribution >= 0.6 is 15.9 Å². The van der Waals surface area contributed by atoms with Crippen molar-refractivity contribution in [2.75, 3.05) is 11.8 Å². The number of anilines is 1. The van der Waals surface area contributed by atoms with Gasteiger partial charge in [-0.25, -0.2) is 21.6 Å². The highest BCUT2D eigenvalue weighted by atomic mass is 79.9. The molecule has 3 rings (SSSR count). The third-order valence-electron chi connectivity index (χ3n) is 4.57. The SMILES string of the molecule is COC(=O)c1c(S(=O)(=O)Nc2ccc(S(=O)(=O)c3ccc(C#N)cc3)cc2C#N)c(Br)nn1C. The second-order valence-electron chi connectivity index (χ2n) is 6.65. The van der Waals surface area contributed by atoms with Crippen molar-refractivity contribution < 1.29 is 26.4 Å². The number of methoxy groups -OCH3 is 1. The summed E-state index contributed by atoms with van der Waals surface area (Å²) < 4.78 is 59.6. The first-order valence-corrected chi connectivity index (χ1v) is 12.8. The number of rotatable bonds is 6. The minimum absolute atomic E-state index is 0.106. The van der Waals surface area contributed by atoms with E-state index in [1.54, 1.807) is 6.07 Å². The molecular formula is C20H14BrN5O6S2. The molecule has 0 aliphatic carbocycles. The van der Waals surface area contributed by atoms with Gasteiger partial charge in [-0.05, 0) is 58.4 Å². The van der Waals surface area contributed by atoms with Gasteiger partial charge in [0.05, 0.1) is 39.8 Å². The van der Waals surface area contributed by atoms with Crippen LogP contribution in [0.4, 0.5) is 5.69 Å². The predicted molar refractivity (Wildman–Crippen MR) is 121 cm³/mol. The van der Waals surface area contributed by atoms with E-state index in [2.05, 4.69) is 30.5 Å². The average molecular weight is 564 g/mol. The van der Waals surface area contributed by atoms with Gasteiger partial charge in [-0.15, -0.1) is 0 Å². The molecule has 0 atom stereocenters. The third kappa shape index (κ3) is 4.51. The van der Waals surface area contributed by atoms with Crippen molar-refractivity contribution >= 4 is 47.4 Å². The molecule has 14 heteroatoms. The molecular weight excluding hydrogens is 550 g/mol. The van der Waals surface area contributed by atoms with Crippen molar-refractivity contribution in [2.24, 2.45) is 7.05 Å². The number of sulfone groups is 1. The highest BCUT2D eigenvalue weighted by Gasteiger charge is 2.32. The van der Waals surface area contributed by atoms with Crippen LogP contribution in [0, 0.1) is 22.7 Å². The number of ether oxygens (including phenoxy) is 1. The lowest BCUT2D eigenvalue weighted by Crippen LogP contribution is -2.19. The molecule has 0 aliphatic heterocycles. The number of sulfonamides is 1. The molecule has 0 amide bonds. The summed E-state index contributed by atoms with van der Waals surface area (Å²) in [7, 11) is -6.09. The predicted octanol–water partition coefficient (Wildman–Crippen LogP) is 2.35. The largest absolute Gasteiger partial charge is 0.464 e. The summed E-state index contributed by atoms with van der Waals surface area (Å²) in [6.45, 7) is 0. The first-order chi connectivity index (χ1) is 16.0.